The molecule has 0 bridgehead atoms. The molecule has 54 heavy (non-hydrogen) atoms. The number of amides is 4. The van der Waals surface area contributed by atoms with E-state index in [-0.39, 0.29) is 35.7 Å². The monoisotopic (exact) mass is 736 g/mol. The Kier molecular flexibility index (Phi) is 11.5. The fourth-order valence-corrected chi connectivity index (χ4v) is 7.18. The van der Waals surface area contributed by atoms with Crippen LogP contribution in [-0.2, 0) is 19.1 Å². The Bertz CT molecular complexity index is 2060. The van der Waals surface area contributed by atoms with E-state index in [1.54, 1.807) is 16.0 Å². The van der Waals surface area contributed by atoms with E-state index in [0.717, 1.165) is 59.1 Å². The number of nitrogens with zero attached hydrogens (tertiary/aromatic N) is 4. The Hall–Kier alpha value is -5.84. The number of imidazole rings is 2. The van der Waals surface area contributed by atoms with Gasteiger partial charge in [-0.1, -0.05) is 51.7 Å². The molecular weight excluding hydrogens is 688 g/mol. The molecule has 2 aromatic carbocycles. The van der Waals surface area contributed by atoms with Gasteiger partial charge in [0, 0.05) is 24.2 Å². The molecule has 2 unspecified atom stereocenters. The van der Waals surface area contributed by atoms with Crippen molar-refractivity contribution in [2.75, 3.05) is 27.3 Å². The summed E-state index contributed by atoms with van der Waals surface area (Å²) in [6.45, 7) is 8.75. The molecule has 4 aromatic rings. The zero-order valence-corrected chi connectivity index (χ0v) is 31.6. The van der Waals surface area contributed by atoms with Gasteiger partial charge < -0.3 is 39.9 Å². The van der Waals surface area contributed by atoms with Crippen molar-refractivity contribution in [3.63, 3.8) is 0 Å². The maximum atomic E-state index is 13.5. The van der Waals surface area contributed by atoms with E-state index in [2.05, 4.69) is 37.4 Å². The van der Waals surface area contributed by atoms with Crippen LogP contribution in [0.4, 0.5) is 9.59 Å². The van der Waals surface area contributed by atoms with Gasteiger partial charge in [0.05, 0.1) is 49.2 Å². The van der Waals surface area contributed by atoms with Gasteiger partial charge in [0.2, 0.25) is 11.8 Å². The Labute approximate surface area is 314 Å². The average molecular weight is 737 g/mol. The molecule has 4 N–H and O–H groups in total. The highest BCUT2D eigenvalue weighted by Gasteiger charge is 2.39. The quantitative estimate of drug-likeness (QED) is 0.164. The Morgan fingerprint density at radius 3 is 1.85 bits per heavy atom. The summed E-state index contributed by atoms with van der Waals surface area (Å²) in [4.78, 5) is 70.8. The van der Waals surface area contributed by atoms with E-state index in [9.17, 15) is 19.2 Å². The van der Waals surface area contributed by atoms with Gasteiger partial charge in [0.1, 0.15) is 23.7 Å². The predicted molar refractivity (Wildman–Crippen MR) is 202 cm³/mol. The second kappa shape index (κ2) is 16.4. The average Bonchev–Trinajstić information content (AvgIpc) is 4.00. The molecule has 0 radical (unpaired) electrons. The van der Waals surface area contributed by atoms with E-state index in [0.29, 0.717) is 24.7 Å². The number of rotatable bonds is 9. The lowest BCUT2D eigenvalue weighted by Gasteiger charge is -2.30. The number of carbonyl (C=O) groups excluding carboxylic acids is 4. The molecule has 2 aliphatic rings. The molecule has 4 atom stereocenters. The molecule has 6 rings (SSSR count). The number of ether oxygens (including phenoxy) is 2. The van der Waals surface area contributed by atoms with Crippen LogP contribution in [0.25, 0.3) is 22.3 Å². The summed E-state index contributed by atoms with van der Waals surface area (Å²) < 4.78 is 9.49. The number of benzene rings is 2. The van der Waals surface area contributed by atoms with Gasteiger partial charge in [-0.3, -0.25) is 9.59 Å². The van der Waals surface area contributed by atoms with Crippen LogP contribution in [-0.4, -0.2) is 93.1 Å². The molecule has 2 aliphatic heterocycles. The first-order chi connectivity index (χ1) is 26.0. The third kappa shape index (κ3) is 8.20. The Morgan fingerprint density at radius 1 is 0.759 bits per heavy atom. The molecule has 0 saturated carbocycles. The number of fused-ring (bicyclic) bond motifs is 1. The molecule has 284 valence electrons. The topological polar surface area (TPSA) is 175 Å². The Balaban J connectivity index is 1.12. The van der Waals surface area contributed by atoms with Crippen molar-refractivity contribution in [1.82, 2.24) is 40.4 Å². The Morgan fingerprint density at radius 2 is 1.30 bits per heavy atom. The molecule has 14 nitrogen and oxygen atoms in total. The van der Waals surface area contributed by atoms with E-state index in [1.165, 1.54) is 14.2 Å². The number of likely N-dealkylation sites (tertiary alicyclic amines) is 2. The summed E-state index contributed by atoms with van der Waals surface area (Å²) in [5, 5.41) is 5.37. The fraction of sp³-hybridized carbons (Fsp3) is 0.450. The maximum Gasteiger partial charge on any atom is 0.407 e. The van der Waals surface area contributed by atoms with Crippen LogP contribution in [0.5, 0.6) is 0 Å². The van der Waals surface area contributed by atoms with Crippen molar-refractivity contribution in [2.24, 2.45) is 11.8 Å². The summed E-state index contributed by atoms with van der Waals surface area (Å²) >= 11 is 0. The predicted octanol–water partition coefficient (Wildman–Crippen LogP) is 5.44. The molecule has 4 heterocycles. The first-order valence-electron chi connectivity index (χ1n) is 18.4. The van der Waals surface area contributed by atoms with E-state index < -0.39 is 24.3 Å². The molecule has 2 saturated heterocycles. The van der Waals surface area contributed by atoms with Gasteiger partial charge >= 0.3 is 12.2 Å². The first-order valence-corrected chi connectivity index (χ1v) is 18.4. The summed E-state index contributed by atoms with van der Waals surface area (Å²) in [5.74, 6) is 7.40. The number of nitrogens with one attached hydrogen (secondary N) is 4. The minimum absolute atomic E-state index is 0.109. The largest absolute Gasteiger partial charge is 0.453 e. The molecule has 14 heteroatoms. The number of methoxy groups -OCH3 is 2. The first kappa shape index (κ1) is 37.9. The highest BCUT2D eigenvalue weighted by molar-refractivity contribution is 5.87. The van der Waals surface area contributed by atoms with Gasteiger partial charge in [-0.25, -0.2) is 19.6 Å². The number of aromatic amines is 2. The van der Waals surface area contributed by atoms with Gasteiger partial charge in [-0.05, 0) is 73.4 Å². The molecule has 2 fully saturated rings. The summed E-state index contributed by atoms with van der Waals surface area (Å²) in [7, 11) is 2.57. The highest BCUT2D eigenvalue weighted by atomic mass is 16.5. The number of alkyl carbamates (subject to hydrolysis) is 2. The summed E-state index contributed by atoms with van der Waals surface area (Å²) in [6.07, 6.45) is 3.74. The van der Waals surface area contributed by atoms with Crippen molar-refractivity contribution < 1.29 is 28.7 Å². The third-order valence-electron chi connectivity index (χ3n) is 10.1. The number of carbonyl (C=O) groups is 4. The fourth-order valence-electron chi connectivity index (χ4n) is 7.18. The van der Waals surface area contributed by atoms with Gasteiger partial charge in [-0.2, -0.15) is 0 Å². The number of aromatic nitrogens is 4. The highest BCUT2D eigenvalue weighted by Crippen LogP contribution is 2.34. The van der Waals surface area contributed by atoms with Crippen LogP contribution < -0.4 is 10.6 Å². The van der Waals surface area contributed by atoms with Crippen LogP contribution in [0.15, 0.2) is 48.7 Å². The van der Waals surface area contributed by atoms with E-state index >= 15 is 0 Å². The maximum absolute atomic E-state index is 13.5. The zero-order chi connectivity index (χ0) is 38.5. The third-order valence-corrected chi connectivity index (χ3v) is 10.1. The van der Waals surface area contributed by atoms with Crippen LogP contribution >= 0.6 is 0 Å². The minimum atomic E-state index is -0.697. The number of H-pyrrole nitrogens is 2. The van der Waals surface area contributed by atoms with Gasteiger partial charge in [-0.15, -0.1) is 0 Å². The van der Waals surface area contributed by atoms with E-state index in [4.69, 9.17) is 14.5 Å². The van der Waals surface area contributed by atoms with Crippen LogP contribution in [0.2, 0.25) is 0 Å². The second-order valence-electron chi connectivity index (χ2n) is 14.5. The standard InChI is InChI=1S/C40H48N8O6/c1-23(2)33(45-39(51)53-5)37(49)47-19-7-9-31(47)35-41-22-30(44-35)27-16-13-25(14-17-27)11-12-26-15-18-28-29(21-26)43-36(42-28)32-10-8-20-48(32)38(50)34(24(3)4)46-40(52)54-6/h13-18,21-24,31-34H,7-10,19-20H2,1-6H3,(H,41,44)(H,42,43)(H,45,51)(H,46,52)/t31?,32?,33-,34-/m0/s1. The lowest BCUT2D eigenvalue weighted by Crippen LogP contribution is -2.51. The molecular formula is C40H48N8O6. The van der Waals surface area contributed by atoms with Crippen LogP contribution in [0, 0.1) is 23.7 Å². The molecule has 2 aromatic heterocycles. The van der Waals surface area contributed by atoms with Crippen molar-refractivity contribution in [2.45, 2.75) is 77.5 Å². The van der Waals surface area contributed by atoms with Gasteiger partial charge in [0.15, 0.2) is 0 Å². The lowest BCUT2D eigenvalue weighted by molar-refractivity contribution is -0.136. The van der Waals surface area contributed by atoms with Crippen molar-refractivity contribution in [1.29, 1.82) is 0 Å². The molecule has 4 amide bonds. The van der Waals surface area contributed by atoms with Gasteiger partial charge in [0.25, 0.3) is 0 Å². The zero-order valence-electron chi connectivity index (χ0n) is 31.6. The lowest BCUT2D eigenvalue weighted by atomic mass is 10.0. The van der Waals surface area contributed by atoms with E-state index in [1.807, 2.05) is 70.2 Å². The SMILES string of the molecule is COC(=O)N[C@H](C(=O)N1CCCC1c1ncc(-c2ccc(C#Cc3ccc4nc(C5CCCN5C(=O)[C@@H](NC(=O)OC)C(C)C)[nH]c4c3)cc2)[nH]1)C(C)C. The normalized spacial score (nSPS) is 18.0. The minimum Gasteiger partial charge on any atom is -0.453 e. The smallest absolute Gasteiger partial charge is 0.407 e. The number of hydrogen-bond acceptors (Lipinski definition) is 8. The summed E-state index contributed by atoms with van der Waals surface area (Å²) in [5.41, 5.74) is 5.05. The number of hydrogen-bond donors (Lipinski definition) is 4. The van der Waals surface area contributed by atoms with Crippen molar-refractivity contribution in [3.8, 4) is 23.1 Å². The van der Waals surface area contributed by atoms with Crippen LogP contribution in [0.3, 0.4) is 0 Å². The second-order valence-corrected chi connectivity index (χ2v) is 14.5. The molecule has 0 aliphatic carbocycles. The van der Waals surface area contributed by atoms with Crippen molar-refractivity contribution in [3.05, 3.63) is 71.4 Å². The molecule has 0 spiro atoms. The summed E-state index contributed by atoms with van der Waals surface area (Å²) in [6, 6.07) is 11.9. The van der Waals surface area contributed by atoms with Crippen LogP contribution in [0.1, 0.15) is 88.2 Å². The van der Waals surface area contributed by atoms with Crippen molar-refractivity contribution >= 4 is 35.0 Å².